The van der Waals surface area contributed by atoms with E-state index in [2.05, 4.69) is 5.32 Å². The number of nitrogens with one attached hydrogen (secondary N) is 1. The van der Waals surface area contributed by atoms with E-state index in [9.17, 15) is 4.79 Å². The Kier molecular flexibility index (Phi) is 5.90. The molecule has 0 saturated carbocycles. The van der Waals surface area contributed by atoms with Crippen LogP contribution in [0.5, 0.6) is 11.5 Å². The lowest BCUT2D eigenvalue weighted by molar-refractivity contribution is -0.122. The molecule has 1 aliphatic heterocycles. The lowest BCUT2D eigenvalue weighted by atomic mass is 10.2. The van der Waals surface area contributed by atoms with Gasteiger partial charge in [-0.2, -0.15) is 0 Å². The van der Waals surface area contributed by atoms with E-state index in [0.29, 0.717) is 23.8 Å². The van der Waals surface area contributed by atoms with Crippen LogP contribution in [0.15, 0.2) is 54.6 Å². The Labute approximate surface area is 147 Å². The molecular weight excluding hydrogens is 318 g/mol. The van der Waals surface area contributed by atoms with Gasteiger partial charge in [0.2, 0.25) is 0 Å². The Morgan fingerprint density at radius 2 is 2.00 bits per heavy atom. The van der Waals surface area contributed by atoms with Crippen LogP contribution in [-0.4, -0.2) is 31.3 Å². The fourth-order valence-electron chi connectivity index (χ4n) is 2.63. The third-order valence-electron chi connectivity index (χ3n) is 3.99. The van der Waals surface area contributed by atoms with Crippen LogP contribution < -0.4 is 14.8 Å². The summed E-state index contributed by atoms with van der Waals surface area (Å²) in [6, 6.07) is 16.6. The number of ether oxygens (including phenoxy) is 3. The van der Waals surface area contributed by atoms with Gasteiger partial charge in [-0.1, -0.05) is 24.3 Å². The predicted molar refractivity (Wildman–Crippen MR) is 96.1 cm³/mol. The third kappa shape index (κ3) is 5.22. The molecule has 5 heteroatoms. The van der Waals surface area contributed by atoms with Crippen LogP contribution in [0.4, 0.5) is 5.69 Å². The van der Waals surface area contributed by atoms with E-state index < -0.39 is 6.10 Å². The summed E-state index contributed by atoms with van der Waals surface area (Å²) in [4.78, 5) is 12.3. The van der Waals surface area contributed by atoms with E-state index in [1.807, 2.05) is 54.6 Å². The first-order valence-electron chi connectivity index (χ1n) is 8.58. The zero-order valence-electron chi connectivity index (χ0n) is 14.3. The first kappa shape index (κ1) is 17.3. The Bertz CT molecular complexity index is 683. The van der Waals surface area contributed by atoms with Crippen molar-refractivity contribution < 1.29 is 19.0 Å². The molecular formula is C20H23NO4. The summed E-state index contributed by atoms with van der Waals surface area (Å²) in [7, 11) is 0. The van der Waals surface area contributed by atoms with Crippen molar-refractivity contribution >= 4 is 11.6 Å². The smallest absolute Gasteiger partial charge is 0.265 e. The number of benzene rings is 2. The predicted octanol–water partition coefficient (Wildman–Crippen LogP) is 3.65. The maximum Gasteiger partial charge on any atom is 0.265 e. The van der Waals surface area contributed by atoms with Gasteiger partial charge in [-0.3, -0.25) is 4.79 Å². The molecule has 0 unspecified atom stereocenters. The van der Waals surface area contributed by atoms with E-state index >= 15 is 0 Å². The van der Waals surface area contributed by atoms with Crippen LogP contribution in [0.2, 0.25) is 0 Å². The zero-order valence-corrected chi connectivity index (χ0v) is 14.3. The maximum absolute atomic E-state index is 12.3. The van der Waals surface area contributed by atoms with Crippen LogP contribution >= 0.6 is 0 Å². The fraction of sp³-hybridized carbons (Fsp3) is 0.350. The molecule has 1 amide bonds. The molecule has 0 aliphatic carbocycles. The van der Waals surface area contributed by atoms with Crippen molar-refractivity contribution in [3.8, 4) is 11.5 Å². The standard InChI is InChI=1S/C20H23NO4/c1-15(25-17-8-3-2-4-9-17)20(22)21-16-7-5-10-18(13-16)24-14-19-11-6-12-23-19/h2-5,7-10,13,15,19H,6,11-12,14H2,1H3,(H,21,22)/t15-,19+/m0/s1. The molecule has 2 aromatic carbocycles. The first-order valence-corrected chi connectivity index (χ1v) is 8.58. The number of hydrogen-bond donors (Lipinski definition) is 1. The molecule has 25 heavy (non-hydrogen) atoms. The lowest BCUT2D eigenvalue weighted by Crippen LogP contribution is -2.30. The quantitative estimate of drug-likeness (QED) is 0.835. The highest BCUT2D eigenvalue weighted by Crippen LogP contribution is 2.20. The molecule has 132 valence electrons. The fourth-order valence-corrected chi connectivity index (χ4v) is 2.63. The van der Waals surface area contributed by atoms with Gasteiger partial charge in [0.25, 0.3) is 5.91 Å². The maximum atomic E-state index is 12.3. The molecule has 0 spiro atoms. The molecule has 0 aromatic heterocycles. The van der Waals surface area contributed by atoms with Gasteiger partial charge in [0.15, 0.2) is 6.10 Å². The highest BCUT2D eigenvalue weighted by molar-refractivity contribution is 5.94. The van der Waals surface area contributed by atoms with Crippen LogP contribution in [0, 0.1) is 0 Å². The van der Waals surface area contributed by atoms with Crippen molar-refractivity contribution in [1.29, 1.82) is 0 Å². The van der Waals surface area contributed by atoms with Crippen LogP contribution in [-0.2, 0) is 9.53 Å². The second-order valence-corrected chi connectivity index (χ2v) is 6.04. The Hall–Kier alpha value is -2.53. The highest BCUT2D eigenvalue weighted by atomic mass is 16.5. The zero-order chi connectivity index (χ0) is 17.5. The molecule has 2 atom stereocenters. The van der Waals surface area contributed by atoms with E-state index in [-0.39, 0.29) is 12.0 Å². The summed E-state index contributed by atoms with van der Waals surface area (Å²) in [6.45, 7) is 3.06. The first-order chi connectivity index (χ1) is 12.2. The minimum Gasteiger partial charge on any atom is -0.491 e. The van der Waals surface area contributed by atoms with Crippen molar-refractivity contribution in [3.63, 3.8) is 0 Å². The number of rotatable bonds is 7. The largest absolute Gasteiger partial charge is 0.491 e. The molecule has 5 nitrogen and oxygen atoms in total. The van der Waals surface area contributed by atoms with Crippen LogP contribution in [0.1, 0.15) is 19.8 Å². The van der Waals surface area contributed by atoms with Crippen molar-refractivity contribution in [2.24, 2.45) is 0 Å². The molecule has 0 radical (unpaired) electrons. The van der Waals surface area contributed by atoms with E-state index in [0.717, 1.165) is 19.4 Å². The third-order valence-corrected chi connectivity index (χ3v) is 3.99. The molecule has 1 heterocycles. The highest BCUT2D eigenvalue weighted by Gasteiger charge is 2.17. The average Bonchev–Trinajstić information content (AvgIpc) is 3.15. The van der Waals surface area contributed by atoms with E-state index in [4.69, 9.17) is 14.2 Å². The van der Waals surface area contributed by atoms with Gasteiger partial charge in [0, 0.05) is 18.4 Å². The van der Waals surface area contributed by atoms with Crippen LogP contribution in [0.3, 0.4) is 0 Å². The summed E-state index contributed by atoms with van der Waals surface area (Å²) in [5, 5.41) is 2.86. The molecule has 3 rings (SSSR count). The van der Waals surface area contributed by atoms with Crippen molar-refractivity contribution in [3.05, 3.63) is 54.6 Å². The molecule has 1 N–H and O–H groups in total. The lowest BCUT2D eigenvalue weighted by Gasteiger charge is -2.15. The SMILES string of the molecule is C[C@H](Oc1ccccc1)C(=O)Nc1cccc(OC[C@H]2CCCO2)c1. The van der Waals surface area contributed by atoms with Crippen LogP contribution in [0.25, 0.3) is 0 Å². The van der Waals surface area contributed by atoms with E-state index in [1.54, 1.807) is 6.92 Å². The van der Waals surface area contributed by atoms with Gasteiger partial charge in [-0.05, 0) is 44.0 Å². The monoisotopic (exact) mass is 341 g/mol. The van der Waals surface area contributed by atoms with Gasteiger partial charge in [-0.25, -0.2) is 0 Å². The summed E-state index contributed by atoms with van der Waals surface area (Å²) >= 11 is 0. The van der Waals surface area contributed by atoms with Crippen molar-refractivity contribution in [2.75, 3.05) is 18.5 Å². The summed E-state index contributed by atoms with van der Waals surface area (Å²) in [5.74, 6) is 1.17. The normalized spacial score (nSPS) is 17.7. The average molecular weight is 341 g/mol. The number of anilines is 1. The van der Waals surface area contributed by atoms with Gasteiger partial charge >= 0.3 is 0 Å². The Balaban J connectivity index is 1.52. The minimum atomic E-state index is -0.598. The molecule has 1 aliphatic rings. The second kappa shape index (κ2) is 8.53. The molecule has 1 saturated heterocycles. The van der Waals surface area contributed by atoms with Gasteiger partial charge in [0.1, 0.15) is 18.1 Å². The number of para-hydroxylation sites is 1. The van der Waals surface area contributed by atoms with Crippen molar-refractivity contribution in [2.45, 2.75) is 32.0 Å². The number of hydrogen-bond acceptors (Lipinski definition) is 4. The topological polar surface area (TPSA) is 56.8 Å². The number of amides is 1. The summed E-state index contributed by atoms with van der Waals surface area (Å²) < 4.78 is 16.9. The Morgan fingerprint density at radius 3 is 2.76 bits per heavy atom. The second-order valence-electron chi connectivity index (χ2n) is 6.04. The molecule has 0 bridgehead atoms. The summed E-state index contributed by atoms with van der Waals surface area (Å²) in [5.41, 5.74) is 0.679. The van der Waals surface area contributed by atoms with Crippen molar-refractivity contribution in [1.82, 2.24) is 0 Å². The Morgan fingerprint density at radius 1 is 1.20 bits per heavy atom. The van der Waals surface area contributed by atoms with Gasteiger partial charge in [-0.15, -0.1) is 0 Å². The minimum absolute atomic E-state index is 0.164. The van der Waals surface area contributed by atoms with E-state index in [1.165, 1.54) is 0 Å². The van der Waals surface area contributed by atoms with Gasteiger partial charge in [0.05, 0.1) is 6.10 Å². The van der Waals surface area contributed by atoms with Gasteiger partial charge < -0.3 is 19.5 Å². The number of carbonyl (C=O) groups is 1. The molecule has 1 fully saturated rings. The number of carbonyl (C=O) groups excluding carboxylic acids is 1. The molecule has 2 aromatic rings. The summed E-state index contributed by atoms with van der Waals surface area (Å²) in [6.07, 6.45) is 1.69.